The van der Waals surface area contributed by atoms with Gasteiger partial charge in [0.15, 0.2) is 0 Å². The van der Waals surface area contributed by atoms with Crippen LogP contribution in [0.3, 0.4) is 0 Å². The smallest absolute Gasteiger partial charge is 0.138 e. The molecule has 5 aromatic carbocycles. The molecule has 6 aromatic rings. The Morgan fingerprint density at radius 3 is 1.53 bits per heavy atom. The number of rotatable bonds is 5. The third kappa shape index (κ3) is 3.32. The summed E-state index contributed by atoms with van der Waals surface area (Å²) in [4.78, 5) is 0. The molecule has 0 spiro atoms. The van der Waals surface area contributed by atoms with Crippen molar-refractivity contribution in [3.63, 3.8) is 0 Å². The highest BCUT2D eigenvalue weighted by Crippen LogP contribution is 2.40. The summed E-state index contributed by atoms with van der Waals surface area (Å²) in [6.45, 7) is 0. The third-order valence-electron chi connectivity index (χ3n) is 6.55. The molecular formula is C32H24N2. The number of aromatic nitrogens is 2. The number of fused-ring (bicyclic) bond motifs is 1. The van der Waals surface area contributed by atoms with E-state index in [2.05, 4.69) is 150 Å². The molecule has 0 atom stereocenters. The van der Waals surface area contributed by atoms with Gasteiger partial charge in [-0.05, 0) is 39.6 Å². The molecule has 0 unspecified atom stereocenters. The van der Waals surface area contributed by atoms with Crippen LogP contribution in [0, 0.1) is 0 Å². The standard InChI is InChI=1S/C32H24N2/c1-4-14-28(15-5-1)32(29-16-6-2-7-17-29,30-18-8-3-9-19-30)34-23-22-31(33-34)27-21-20-25-12-10-11-13-26(25)24-27/h1-24H. The van der Waals surface area contributed by atoms with E-state index in [1.165, 1.54) is 27.5 Å². The van der Waals surface area contributed by atoms with Gasteiger partial charge in [0.25, 0.3) is 0 Å². The minimum absolute atomic E-state index is 0.598. The molecule has 0 aliphatic carbocycles. The highest BCUT2D eigenvalue weighted by molar-refractivity contribution is 5.86. The second kappa shape index (κ2) is 8.49. The van der Waals surface area contributed by atoms with Crippen LogP contribution >= 0.6 is 0 Å². The second-order valence-electron chi connectivity index (χ2n) is 8.52. The minimum atomic E-state index is -0.598. The van der Waals surface area contributed by atoms with Gasteiger partial charge >= 0.3 is 0 Å². The van der Waals surface area contributed by atoms with Gasteiger partial charge in [0, 0.05) is 11.8 Å². The molecule has 0 bridgehead atoms. The van der Waals surface area contributed by atoms with Gasteiger partial charge in [-0.3, -0.25) is 4.68 Å². The van der Waals surface area contributed by atoms with E-state index in [4.69, 9.17) is 5.10 Å². The summed E-state index contributed by atoms with van der Waals surface area (Å²) in [5, 5.41) is 7.66. The third-order valence-corrected chi connectivity index (χ3v) is 6.55. The van der Waals surface area contributed by atoms with E-state index in [9.17, 15) is 0 Å². The Balaban J connectivity index is 1.61. The lowest BCUT2D eigenvalue weighted by molar-refractivity contribution is 0.461. The predicted molar refractivity (Wildman–Crippen MR) is 140 cm³/mol. The Morgan fingerprint density at radius 1 is 0.471 bits per heavy atom. The molecule has 1 heterocycles. The topological polar surface area (TPSA) is 17.8 Å². The summed E-state index contributed by atoms with van der Waals surface area (Å²) in [6.07, 6.45) is 2.11. The Bertz CT molecular complexity index is 1440. The number of nitrogens with zero attached hydrogens (tertiary/aromatic N) is 2. The van der Waals surface area contributed by atoms with Crippen molar-refractivity contribution in [1.82, 2.24) is 9.78 Å². The van der Waals surface area contributed by atoms with Crippen molar-refractivity contribution in [2.24, 2.45) is 0 Å². The van der Waals surface area contributed by atoms with E-state index in [1.807, 2.05) is 0 Å². The zero-order valence-electron chi connectivity index (χ0n) is 18.8. The first kappa shape index (κ1) is 20.2. The van der Waals surface area contributed by atoms with Crippen molar-refractivity contribution in [2.75, 3.05) is 0 Å². The summed E-state index contributed by atoms with van der Waals surface area (Å²) >= 11 is 0. The molecule has 0 radical (unpaired) electrons. The van der Waals surface area contributed by atoms with Gasteiger partial charge in [-0.25, -0.2) is 0 Å². The Hall–Kier alpha value is -4.43. The van der Waals surface area contributed by atoms with Crippen molar-refractivity contribution in [1.29, 1.82) is 0 Å². The van der Waals surface area contributed by atoms with Crippen molar-refractivity contribution in [2.45, 2.75) is 5.54 Å². The normalized spacial score (nSPS) is 11.5. The van der Waals surface area contributed by atoms with Crippen molar-refractivity contribution < 1.29 is 0 Å². The summed E-state index contributed by atoms with van der Waals surface area (Å²) in [5.41, 5.74) is 4.97. The van der Waals surface area contributed by atoms with Gasteiger partial charge in [0.1, 0.15) is 5.54 Å². The Morgan fingerprint density at radius 2 is 0.971 bits per heavy atom. The number of hydrogen-bond donors (Lipinski definition) is 0. The molecule has 0 saturated heterocycles. The van der Waals surface area contributed by atoms with Crippen LogP contribution in [0.2, 0.25) is 0 Å². The number of benzene rings is 5. The summed E-state index contributed by atoms with van der Waals surface area (Å²) < 4.78 is 2.12. The first-order valence-electron chi connectivity index (χ1n) is 11.6. The minimum Gasteiger partial charge on any atom is -0.253 e. The van der Waals surface area contributed by atoms with Crippen LogP contribution < -0.4 is 0 Å². The molecule has 1 aromatic heterocycles. The maximum Gasteiger partial charge on any atom is 0.138 e. The van der Waals surface area contributed by atoms with E-state index in [-0.39, 0.29) is 0 Å². The van der Waals surface area contributed by atoms with Gasteiger partial charge in [-0.2, -0.15) is 5.10 Å². The fourth-order valence-corrected chi connectivity index (χ4v) is 4.95. The molecular weight excluding hydrogens is 412 g/mol. The fraction of sp³-hybridized carbons (Fsp3) is 0.0312. The monoisotopic (exact) mass is 436 g/mol. The Labute approximate surface area is 199 Å². The van der Waals surface area contributed by atoms with Gasteiger partial charge < -0.3 is 0 Å². The van der Waals surface area contributed by atoms with E-state index < -0.39 is 5.54 Å². The lowest BCUT2D eigenvalue weighted by Gasteiger charge is -2.36. The largest absolute Gasteiger partial charge is 0.253 e. The summed E-state index contributed by atoms with van der Waals surface area (Å²) in [7, 11) is 0. The van der Waals surface area contributed by atoms with Crippen LogP contribution in [0.5, 0.6) is 0 Å². The van der Waals surface area contributed by atoms with Crippen molar-refractivity contribution in [3.8, 4) is 11.3 Å². The van der Waals surface area contributed by atoms with Crippen molar-refractivity contribution in [3.05, 3.63) is 162 Å². The van der Waals surface area contributed by atoms with Gasteiger partial charge in [-0.15, -0.1) is 0 Å². The average Bonchev–Trinajstić information content (AvgIpc) is 3.41. The van der Waals surface area contributed by atoms with Crippen molar-refractivity contribution >= 4 is 10.8 Å². The van der Waals surface area contributed by atoms with Crippen LogP contribution in [0.4, 0.5) is 0 Å². The molecule has 34 heavy (non-hydrogen) atoms. The van der Waals surface area contributed by atoms with Crippen LogP contribution in [0.25, 0.3) is 22.0 Å². The highest BCUT2D eigenvalue weighted by atomic mass is 15.3. The predicted octanol–water partition coefficient (Wildman–Crippen LogP) is 7.54. The zero-order valence-corrected chi connectivity index (χ0v) is 18.8. The highest BCUT2D eigenvalue weighted by Gasteiger charge is 2.39. The second-order valence-corrected chi connectivity index (χ2v) is 8.52. The lowest BCUT2D eigenvalue weighted by atomic mass is 9.77. The molecule has 0 fully saturated rings. The average molecular weight is 437 g/mol. The maximum absolute atomic E-state index is 5.21. The molecule has 6 rings (SSSR count). The van der Waals surface area contributed by atoms with Crippen LogP contribution in [0.1, 0.15) is 16.7 Å². The van der Waals surface area contributed by atoms with Gasteiger partial charge in [0.2, 0.25) is 0 Å². The first-order valence-corrected chi connectivity index (χ1v) is 11.6. The first-order chi connectivity index (χ1) is 16.9. The van der Waals surface area contributed by atoms with Gasteiger partial charge in [0.05, 0.1) is 5.69 Å². The maximum atomic E-state index is 5.21. The molecule has 162 valence electrons. The molecule has 0 N–H and O–H groups in total. The molecule has 2 nitrogen and oxygen atoms in total. The van der Waals surface area contributed by atoms with E-state index in [0.717, 1.165) is 11.3 Å². The van der Waals surface area contributed by atoms with Crippen LogP contribution in [-0.2, 0) is 5.54 Å². The van der Waals surface area contributed by atoms with Crippen LogP contribution in [0.15, 0.2) is 146 Å². The number of hydrogen-bond acceptors (Lipinski definition) is 1. The molecule has 0 aliphatic rings. The quantitative estimate of drug-likeness (QED) is 0.255. The van der Waals surface area contributed by atoms with E-state index >= 15 is 0 Å². The molecule has 0 aliphatic heterocycles. The van der Waals surface area contributed by atoms with E-state index in [1.54, 1.807) is 0 Å². The summed E-state index contributed by atoms with van der Waals surface area (Å²) in [6, 6.07) is 49.1. The van der Waals surface area contributed by atoms with Crippen LogP contribution in [-0.4, -0.2) is 9.78 Å². The summed E-state index contributed by atoms with van der Waals surface area (Å²) in [5.74, 6) is 0. The fourth-order valence-electron chi connectivity index (χ4n) is 4.95. The molecule has 0 amide bonds. The molecule has 0 saturated carbocycles. The zero-order chi connectivity index (χ0) is 22.8. The lowest BCUT2D eigenvalue weighted by Crippen LogP contribution is -2.38. The Kier molecular flexibility index (Phi) is 5.04. The SMILES string of the molecule is c1ccc(C(c2ccccc2)(c2ccccc2)n2ccc(-c3ccc4ccccc4c3)n2)cc1. The molecule has 2 heteroatoms. The van der Waals surface area contributed by atoms with E-state index in [0.29, 0.717) is 0 Å². The van der Waals surface area contributed by atoms with Gasteiger partial charge in [-0.1, -0.05) is 127 Å².